The zero-order valence-electron chi connectivity index (χ0n) is 16.2. The molecule has 2 amide bonds. The SMILES string of the molecule is COc1ccccc1C1=C(SC(C)C)C(=O)N(c2cc(C)ccc2C)C1=O. The first-order valence-electron chi connectivity index (χ1n) is 8.85. The molecule has 0 aromatic heterocycles. The molecule has 2 aromatic rings. The molecule has 0 bridgehead atoms. The smallest absolute Gasteiger partial charge is 0.272 e. The molecule has 1 aliphatic rings. The van der Waals surface area contributed by atoms with Crippen molar-refractivity contribution in [1.82, 2.24) is 0 Å². The molecule has 140 valence electrons. The van der Waals surface area contributed by atoms with Gasteiger partial charge in [0.05, 0.1) is 23.3 Å². The van der Waals surface area contributed by atoms with Crippen LogP contribution < -0.4 is 9.64 Å². The maximum atomic E-state index is 13.4. The second-order valence-electron chi connectivity index (χ2n) is 6.81. The maximum absolute atomic E-state index is 13.4. The Morgan fingerprint density at radius 1 is 1.00 bits per heavy atom. The predicted molar refractivity (Wildman–Crippen MR) is 111 cm³/mol. The Morgan fingerprint density at radius 2 is 1.70 bits per heavy atom. The number of imide groups is 1. The molecule has 4 nitrogen and oxygen atoms in total. The number of methoxy groups -OCH3 is 1. The Hall–Kier alpha value is -2.53. The molecule has 1 aliphatic heterocycles. The van der Waals surface area contributed by atoms with E-state index in [1.165, 1.54) is 16.7 Å². The van der Waals surface area contributed by atoms with Gasteiger partial charge in [-0.2, -0.15) is 0 Å². The van der Waals surface area contributed by atoms with Crippen LogP contribution >= 0.6 is 11.8 Å². The monoisotopic (exact) mass is 381 g/mol. The van der Waals surface area contributed by atoms with Gasteiger partial charge in [-0.25, -0.2) is 4.90 Å². The summed E-state index contributed by atoms with van der Waals surface area (Å²) in [6, 6.07) is 13.1. The third kappa shape index (κ3) is 3.52. The van der Waals surface area contributed by atoms with E-state index in [-0.39, 0.29) is 17.1 Å². The molecule has 0 spiro atoms. The standard InChI is InChI=1S/C22H23NO3S/c1-13(2)27-20-19(16-8-6-7-9-18(16)26-5)21(24)23(22(20)25)17-12-14(3)10-11-15(17)4/h6-13H,1-5H3. The number of aryl methyl sites for hydroxylation is 2. The molecule has 0 N–H and O–H groups in total. The van der Waals surface area contributed by atoms with Gasteiger partial charge < -0.3 is 4.74 Å². The molecule has 0 saturated heterocycles. The Labute approximate surface area is 164 Å². The largest absolute Gasteiger partial charge is 0.496 e. The normalized spacial score (nSPS) is 14.5. The van der Waals surface area contributed by atoms with Crippen LogP contribution in [0.25, 0.3) is 5.57 Å². The third-order valence-corrected chi connectivity index (χ3v) is 5.46. The summed E-state index contributed by atoms with van der Waals surface area (Å²) in [5.41, 5.74) is 3.58. The molecule has 5 heteroatoms. The fraction of sp³-hybridized carbons (Fsp3) is 0.273. The van der Waals surface area contributed by atoms with Crippen molar-refractivity contribution in [3.05, 3.63) is 64.1 Å². The van der Waals surface area contributed by atoms with Crippen molar-refractivity contribution in [2.45, 2.75) is 32.9 Å². The van der Waals surface area contributed by atoms with E-state index in [9.17, 15) is 9.59 Å². The fourth-order valence-electron chi connectivity index (χ4n) is 3.12. The van der Waals surface area contributed by atoms with Crippen molar-refractivity contribution in [3.63, 3.8) is 0 Å². The minimum atomic E-state index is -0.304. The summed E-state index contributed by atoms with van der Waals surface area (Å²) in [5, 5.41) is 0.167. The number of carbonyl (C=O) groups is 2. The van der Waals surface area contributed by atoms with Crippen molar-refractivity contribution >= 4 is 34.8 Å². The first kappa shape index (κ1) is 19.2. The van der Waals surface area contributed by atoms with E-state index in [4.69, 9.17) is 4.74 Å². The number of hydrogen-bond donors (Lipinski definition) is 0. The second-order valence-corrected chi connectivity index (χ2v) is 8.39. The molecule has 27 heavy (non-hydrogen) atoms. The van der Waals surface area contributed by atoms with Gasteiger partial charge in [-0.3, -0.25) is 9.59 Å². The summed E-state index contributed by atoms with van der Waals surface area (Å²) in [4.78, 5) is 28.5. The van der Waals surface area contributed by atoms with E-state index in [1.54, 1.807) is 13.2 Å². The lowest BCUT2D eigenvalue weighted by Gasteiger charge is -2.18. The Morgan fingerprint density at radius 3 is 2.37 bits per heavy atom. The summed E-state index contributed by atoms with van der Waals surface area (Å²) < 4.78 is 5.45. The number of carbonyl (C=O) groups excluding carboxylic acids is 2. The van der Waals surface area contributed by atoms with Gasteiger partial charge in [0.15, 0.2) is 0 Å². The summed E-state index contributed by atoms with van der Waals surface area (Å²) in [6.07, 6.45) is 0. The highest BCUT2D eigenvalue weighted by molar-refractivity contribution is 8.04. The van der Waals surface area contributed by atoms with Crippen LogP contribution in [0.1, 0.15) is 30.5 Å². The highest BCUT2D eigenvalue weighted by Gasteiger charge is 2.41. The summed E-state index contributed by atoms with van der Waals surface area (Å²) in [6.45, 7) is 7.88. The number of ether oxygens (including phenoxy) is 1. The molecule has 0 atom stereocenters. The van der Waals surface area contributed by atoms with Crippen LogP contribution in [-0.4, -0.2) is 24.2 Å². The highest BCUT2D eigenvalue weighted by atomic mass is 32.2. The van der Waals surface area contributed by atoms with Gasteiger partial charge >= 0.3 is 0 Å². The van der Waals surface area contributed by atoms with Crippen molar-refractivity contribution in [1.29, 1.82) is 0 Å². The fourth-order valence-corrected chi connectivity index (χ4v) is 4.10. The van der Waals surface area contributed by atoms with Crippen molar-refractivity contribution in [2.24, 2.45) is 0 Å². The highest BCUT2D eigenvalue weighted by Crippen LogP contribution is 2.42. The topological polar surface area (TPSA) is 46.6 Å². The second kappa shape index (κ2) is 7.61. The molecule has 0 radical (unpaired) electrons. The molecule has 0 saturated carbocycles. The average molecular weight is 381 g/mol. The van der Waals surface area contributed by atoms with Gasteiger partial charge in [0.25, 0.3) is 11.8 Å². The van der Waals surface area contributed by atoms with Crippen LogP contribution in [0.3, 0.4) is 0 Å². The van der Waals surface area contributed by atoms with E-state index >= 15 is 0 Å². The predicted octanol–water partition coefficient (Wildman–Crippen LogP) is 4.74. The zero-order valence-corrected chi connectivity index (χ0v) is 17.0. The molecule has 2 aromatic carbocycles. The van der Waals surface area contributed by atoms with E-state index in [0.29, 0.717) is 27.5 Å². The number of rotatable bonds is 5. The van der Waals surface area contributed by atoms with Crippen LogP contribution in [0.4, 0.5) is 5.69 Å². The zero-order chi connectivity index (χ0) is 19.7. The number of amides is 2. The molecule has 0 unspecified atom stereocenters. The summed E-state index contributed by atoms with van der Waals surface area (Å²) >= 11 is 1.42. The van der Waals surface area contributed by atoms with Crippen LogP contribution in [0.15, 0.2) is 47.4 Å². The van der Waals surface area contributed by atoms with E-state index in [2.05, 4.69) is 0 Å². The Balaban J connectivity index is 2.19. The lowest BCUT2D eigenvalue weighted by Crippen LogP contribution is -2.32. The number of thioether (sulfide) groups is 1. The van der Waals surface area contributed by atoms with Crippen LogP contribution in [0.5, 0.6) is 5.75 Å². The van der Waals surface area contributed by atoms with E-state index < -0.39 is 0 Å². The molecule has 0 aliphatic carbocycles. The van der Waals surface area contributed by atoms with Crippen LogP contribution in [0, 0.1) is 13.8 Å². The lowest BCUT2D eigenvalue weighted by molar-refractivity contribution is -0.119. The number of benzene rings is 2. The molecular formula is C22H23NO3S. The van der Waals surface area contributed by atoms with Crippen LogP contribution in [0.2, 0.25) is 0 Å². The van der Waals surface area contributed by atoms with Gasteiger partial charge in [-0.05, 0) is 37.1 Å². The summed E-state index contributed by atoms with van der Waals surface area (Å²) in [5.74, 6) is 0.00739. The molecule has 3 rings (SSSR count). The van der Waals surface area contributed by atoms with Gasteiger partial charge in [0.1, 0.15) is 5.75 Å². The lowest BCUT2D eigenvalue weighted by atomic mass is 10.0. The number of nitrogens with zero attached hydrogens (tertiary/aromatic N) is 1. The van der Waals surface area contributed by atoms with Crippen molar-refractivity contribution in [3.8, 4) is 5.75 Å². The van der Waals surface area contributed by atoms with Gasteiger partial charge in [-0.1, -0.05) is 44.2 Å². The Bertz CT molecular complexity index is 946. The summed E-state index contributed by atoms with van der Waals surface area (Å²) in [7, 11) is 1.57. The minimum Gasteiger partial charge on any atom is -0.496 e. The van der Waals surface area contributed by atoms with Gasteiger partial charge in [0, 0.05) is 10.8 Å². The van der Waals surface area contributed by atoms with E-state index in [1.807, 2.05) is 64.1 Å². The van der Waals surface area contributed by atoms with Crippen LogP contribution in [-0.2, 0) is 9.59 Å². The Kier molecular flexibility index (Phi) is 5.42. The number of anilines is 1. The third-order valence-electron chi connectivity index (χ3n) is 4.38. The van der Waals surface area contributed by atoms with Gasteiger partial charge in [-0.15, -0.1) is 11.8 Å². The minimum absolute atomic E-state index is 0.167. The van der Waals surface area contributed by atoms with Gasteiger partial charge in [0.2, 0.25) is 0 Å². The molecular weight excluding hydrogens is 358 g/mol. The number of hydrogen-bond acceptors (Lipinski definition) is 4. The van der Waals surface area contributed by atoms with Crippen molar-refractivity contribution < 1.29 is 14.3 Å². The molecule has 1 heterocycles. The number of para-hydroxylation sites is 1. The first-order chi connectivity index (χ1) is 12.8. The van der Waals surface area contributed by atoms with E-state index in [0.717, 1.165) is 11.1 Å². The maximum Gasteiger partial charge on any atom is 0.272 e. The average Bonchev–Trinajstić information content (AvgIpc) is 2.86. The molecule has 0 fully saturated rings. The quantitative estimate of drug-likeness (QED) is 0.702. The van der Waals surface area contributed by atoms with Crippen molar-refractivity contribution in [2.75, 3.05) is 12.0 Å². The first-order valence-corrected chi connectivity index (χ1v) is 9.73.